The van der Waals surface area contributed by atoms with Gasteiger partial charge >= 0.3 is 0 Å². The number of nitrogens with one attached hydrogen (secondary N) is 1. The van der Waals surface area contributed by atoms with Crippen LogP contribution in [0.3, 0.4) is 0 Å². The van der Waals surface area contributed by atoms with Gasteiger partial charge in [-0.05, 0) is 43.9 Å². The smallest absolute Gasteiger partial charge is 0.141 e. The molecule has 2 heterocycles. The standard InChI is InChI=1S/C23H24N2S2/c1-16-11-12-20-19(15-16)21(18-9-5-3-6-10-18)22(17(2)24-20)27-23(26)25-13-7-4-8-14-25/h3,5-6,9-12,15,24H,2,4,7-8,13-14H2,1H3. The van der Waals surface area contributed by atoms with E-state index in [1.54, 1.807) is 11.8 Å². The molecule has 1 fully saturated rings. The van der Waals surface area contributed by atoms with Crippen molar-refractivity contribution in [3.63, 3.8) is 0 Å². The summed E-state index contributed by atoms with van der Waals surface area (Å²) < 4.78 is 0.956. The first-order valence-electron chi connectivity index (χ1n) is 9.47. The molecule has 2 nitrogen and oxygen atoms in total. The Balaban J connectivity index is 1.80. The fourth-order valence-corrected chi connectivity index (χ4v) is 5.12. The van der Waals surface area contributed by atoms with Gasteiger partial charge in [-0.15, -0.1) is 0 Å². The summed E-state index contributed by atoms with van der Waals surface area (Å²) in [5, 5.41) is 3.49. The third-order valence-electron chi connectivity index (χ3n) is 5.10. The molecule has 2 aliphatic rings. The summed E-state index contributed by atoms with van der Waals surface area (Å²) >= 11 is 7.50. The van der Waals surface area contributed by atoms with E-state index >= 15 is 0 Å². The van der Waals surface area contributed by atoms with Crippen molar-refractivity contribution in [2.75, 3.05) is 18.4 Å². The van der Waals surface area contributed by atoms with Gasteiger partial charge in [-0.3, -0.25) is 0 Å². The molecule has 0 amide bonds. The van der Waals surface area contributed by atoms with Gasteiger partial charge in [0.15, 0.2) is 0 Å². The van der Waals surface area contributed by atoms with Crippen molar-refractivity contribution in [2.24, 2.45) is 0 Å². The van der Waals surface area contributed by atoms with Gasteiger partial charge in [0.05, 0.1) is 0 Å². The Morgan fingerprint density at radius 3 is 2.56 bits per heavy atom. The molecule has 0 saturated carbocycles. The molecule has 4 rings (SSSR count). The molecular formula is C23H24N2S2. The summed E-state index contributed by atoms with van der Waals surface area (Å²) in [4.78, 5) is 3.48. The van der Waals surface area contributed by atoms with Crippen molar-refractivity contribution < 1.29 is 0 Å². The molecule has 0 aliphatic carbocycles. The summed E-state index contributed by atoms with van der Waals surface area (Å²) in [6, 6.07) is 17.1. The lowest BCUT2D eigenvalue weighted by Crippen LogP contribution is -2.33. The zero-order valence-corrected chi connectivity index (χ0v) is 17.3. The average molecular weight is 393 g/mol. The van der Waals surface area contributed by atoms with E-state index in [4.69, 9.17) is 12.2 Å². The number of likely N-dealkylation sites (tertiary alicyclic amines) is 1. The average Bonchev–Trinajstić information content (AvgIpc) is 2.70. The Morgan fingerprint density at radius 1 is 1.07 bits per heavy atom. The zero-order valence-electron chi connectivity index (χ0n) is 15.6. The number of anilines is 1. The highest BCUT2D eigenvalue weighted by molar-refractivity contribution is 8.25. The second kappa shape index (κ2) is 7.91. The minimum atomic E-state index is 0.926. The third-order valence-corrected chi connectivity index (χ3v) is 6.69. The van der Waals surface area contributed by atoms with E-state index in [1.165, 1.54) is 41.5 Å². The molecule has 0 spiro atoms. The minimum Gasteiger partial charge on any atom is -0.357 e. The number of hydrogen-bond acceptors (Lipinski definition) is 3. The topological polar surface area (TPSA) is 15.3 Å². The normalized spacial score (nSPS) is 16.8. The van der Waals surface area contributed by atoms with Crippen molar-refractivity contribution in [3.8, 4) is 0 Å². The molecule has 1 saturated heterocycles. The van der Waals surface area contributed by atoms with Crippen LogP contribution in [0.15, 0.2) is 65.7 Å². The molecule has 138 valence electrons. The van der Waals surface area contributed by atoms with Crippen LogP contribution in [0.25, 0.3) is 5.57 Å². The van der Waals surface area contributed by atoms with Crippen LogP contribution in [0.2, 0.25) is 0 Å². The minimum absolute atomic E-state index is 0.926. The van der Waals surface area contributed by atoms with E-state index < -0.39 is 0 Å². The van der Waals surface area contributed by atoms with Gasteiger partial charge in [-0.1, -0.05) is 72.5 Å². The molecule has 0 aromatic heterocycles. The van der Waals surface area contributed by atoms with Crippen LogP contribution in [-0.4, -0.2) is 22.3 Å². The third kappa shape index (κ3) is 3.83. The van der Waals surface area contributed by atoms with Gasteiger partial charge in [0.2, 0.25) is 0 Å². The van der Waals surface area contributed by atoms with Crippen molar-refractivity contribution in [3.05, 3.63) is 82.4 Å². The number of nitrogens with zero attached hydrogens (tertiary/aromatic N) is 1. The van der Waals surface area contributed by atoms with Crippen LogP contribution < -0.4 is 5.32 Å². The molecule has 1 N–H and O–H groups in total. The quantitative estimate of drug-likeness (QED) is 0.612. The van der Waals surface area contributed by atoms with E-state index in [-0.39, 0.29) is 0 Å². The Kier molecular flexibility index (Phi) is 5.37. The second-order valence-electron chi connectivity index (χ2n) is 7.14. The Labute approximate surface area is 171 Å². The van der Waals surface area contributed by atoms with E-state index in [9.17, 15) is 0 Å². The lowest BCUT2D eigenvalue weighted by molar-refractivity contribution is 0.352. The first-order chi connectivity index (χ1) is 13.1. The molecule has 2 aliphatic heterocycles. The van der Waals surface area contributed by atoms with Gasteiger partial charge in [-0.2, -0.15) is 0 Å². The molecule has 27 heavy (non-hydrogen) atoms. The van der Waals surface area contributed by atoms with Crippen LogP contribution in [-0.2, 0) is 0 Å². The fourth-order valence-electron chi connectivity index (χ4n) is 3.70. The summed E-state index contributed by atoms with van der Waals surface area (Å²) in [6.07, 6.45) is 3.77. The van der Waals surface area contributed by atoms with Crippen molar-refractivity contribution in [2.45, 2.75) is 26.2 Å². The Bertz CT molecular complexity index is 909. The largest absolute Gasteiger partial charge is 0.357 e. The molecular weight excluding hydrogens is 368 g/mol. The Morgan fingerprint density at radius 2 is 1.81 bits per heavy atom. The number of fused-ring (bicyclic) bond motifs is 1. The predicted octanol–water partition coefficient (Wildman–Crippen LogP) is 6.20. The van der Waals surface area contributed by atoms with Crippen LogP contribution >= 0.6 is 24.0 Å². The monoisotopic (exact) mass is 392 g/mol. The first kappa shape index (κ1) is 18.3. The summed E-state index contributed by atoms with van der Waals surface area (Å²) in [6.45, 7) is 8.59. The lowest BCUT2D eigenvalue weighted by Gasteiger charge is -2.31. The van der Waals surface area contributed by atoms with E-state index in [1.807, 2.05) is 0 Å². The lowest BCUT2D eigenvalue weighted by atomic mass is 9.92. The molecule has 0 radical (unpaired) electrons. The molecule has 2 aromatic rings. The number of piperidine rings is 1. The van der Waals surface area contributed by atoms with Gasteiger partial charge < -0.3 is 10.2 Å². The van der Waals surface area contributed by atoms with Gasteiger partial charge in [0, 0.05) is 40.5 Å². The van der Waals surface area contributed by atoms with E-state index in [0.29, 0.717) is 0 Å². The van der Waals surface area contributed by atoms with Crippen LogP contribution in [0.5, 0.6) is 0 Å². The number of hydrogen-bond donors (Lipinski definition) is 1. The zero-order chi connectivity index (χ0) is 18.8. The van der Waals surface area contributed by atoms with Crippen molar-refractivity contribution in [1.82, 2.24) is 4.90 Å². The van der Waals surface area contributed by atoms with E-state index in [2.05, 4.69) is 72.3 Å². The summed E-state index contributed by atoms with van der Waals surface area (Å²) in [5.41, 5.74) is 6.93. The Hall–Kier alpha value is -2.04. The molecule has 4 heteroatoms. The number of rotatable bonds is 2. The van der Waals surface area contributed by atoms with Gasteiger partial charge in [0.25, 0.3) is 0 Å². The fraction of sp³-hybridized carbons (Fsp3) is 0.261. The van der Waals surface area contributed by atoms with Gasteiger partial charge in [-0.25, -0.2) is 0 Å². The molecule has 0 atom stereocenters. The SMILES string of the molecule is C=C1Nc2ccc(C)cc2C(c2ccccc2)=C1SC(=S)N1CCCCC1. The van der Waals surface area contributed by atoms with Crippen molar-refractivity contribution in [1.29, 1.82) is 0 Å². The maximum absolute atomic E-state index is 5.82. The predicted molar refractivity (Wildman–Crippen MR) is 122 cm³/mol. The van der Waals surface area contributed by atoms with Crippen LogP contribution in [0, 0.1) is 6.92 Å². The number of thiocarbonyl (C=S) groups is 1. The first-order valence-corrected chi connectivity index (χ1v) is 10.7. The van der Waals surface area contributed by atoms with Crippen LogP contribution in [0.1, 0.15) is 36.0 Å². The van der Waals surface area contributed by atoms with E-state index in [0.717, 1.165) is 33.7 Å². The maximum atomic E-state index is 5.82. The number of benzene rings is 2. The second-order valence-corrected chi connectivity index (χ2v) is 8.78. The highest BCUT2D eigenvalue weighted by Gasteiger charge is 2.26. The number of aryl methyl sites for hydroxylation is 1. The number of thioether (sulfide) groups is 1. The summed E-state index contributed by atoms with van der Waals surface area (Å²) in [7, 11) is 0. The van der Waals surface area contributed by atoms with Crippen molar-refractivity contribution >= 4 is 39.6 Å². The van der Waals surface area contributed by atoms with Crippen LogP contribution in [0.4, 0.5) is 5.69 Å². The maximum Gasteiger partial charge on any atom is 0.141 e. The highest BCUT2D eigenvalue weighted by Crippen LogP contribution is 2.44. The molecule has 0 unspecified atom stereocenters. The molecule has 2 aromatic carbocycles. The van der Waals surface area contributed by atoms with Gasteiger partial charge in [0.1, 0.15) is 4.32 Å². The summed E-state index contributed by atoms with van der Waals surface area (Å²) in [5.74, 6) is 0. The molecule has 0 bridgehead atoms. The highest BCUT2D eigenvalue weighted by atomic mass is 32.2.